The van der Waals surface area contributed by atoms with Gasteiger partial charge in [0.1, 0.15) is 0 Å². The van der Waals surface area contributed by atoms with E-state index >= 15 is 0 Å². The number of hydrogen-bond acceptors (Lipinski definition) is 2. The predicted octanol–water partition coefficient (Wildman–Crippen LogP) is 2.80. The molecule has 1 heterocycles. The second-order valence-electron chi connectivity index (χ2n) is 5.74. The number of aliphatic hydroxyl groups is 1. The number of aliphatic hydroxyl groups excluding tert-OH is 1. The highest BCUT2D eigenvalue weighted by atomic mass is 16.3. The molecule has 0 radical (unpaired) electrons. The molecule has 94 valence electrons. The maximum Gasteiger partial charge on any atom is 0.0555 e. The minimum absolute atomic E-state index is 0.0212. The van der Waals surface area contributed by atoms with Crippen LogP contribution in [0.15, 0.2) is 0 Å². The Kier molecular flexibility index (Phi) is 4.66. The molecular formula is C14H27NO. The zero-order valence-corrected chi connectivity index (χ0v) is 10.7. The van der Waals surface area contributed by atoms with Crippen LogP contribution >= 0.6 is 0 Å². The molecule has 0 aromatic rings. The zero-order valence-electron chi connectivity index (χ0n) is 10.7. The zero-order chi connectivity index (χ0) is 11.4. The molecule has 1 saturated carbocycles. The molecule has 0 bridgehead atoms. The van der Waals surface area contributed by atoms with Gasteiger partial charge in [0.15, 0.2) is 0 Å². The van der Waals surface area contributed by atoms with E-state index in [1.54, 1.807) is 0 Å². The highest BCUT2D eigenvalue weighted by Crippen LogP contribution is 2.28. The van der Waals surface area contributed by atoms with E-state index in [9.17, 15) is 5.11 Å². The Morgan fingerprint density at radius 1 is 1.12 bits per heavy atom. The maximum atomic E-state index is 9.72. The maximum absolute atomic E-state index is 9.72. The first-order chi connectivity index (χ1) is 7.79. The summed E-state index contributed by atoms with van der Waals surface area (Å²) >= 11 is 0. The van der Waals surface area contributed by atoms with Crippen LogP contribution in [0, 0.1) is 5.92 Å². The van der Waals surface area contributed by atoms with Crippen LogP contribution in [0.2, 0.25) is 0 Å². The third-order valence-corrected chi connectivity index (χ3v) is 4.48. The van der Waals surface area contributed by atoms with Crippen LogP contribution in [0.4, 0.5) is 0 Å². The first kappa shape index (κ1) is 12.4. The predicted molar refractivity (Wildman–Crippen MR) is 67.5 cm³/mol. The quantitative estimate of drug-likeness (QED) is 0.798. The summed E-state index contributed by atoms with van der Waals surface area (Å²) in [7, 11) is 0. The fourth-order valence-electron chi connectivity index (χ4n) is 3.49. The van der Waals surface area contributed by atoms with Crippen LogP contribution in [0.1, 0.15) is 58.3 Å². The SMILES string of the molecule is CCCC1CCN(C2CCCC(O)C2)CC1. The van der Waals surface area contributed by atoms with E-state index in [1.165, 1.54) is 51.6 Å². The number of piperidine rings is 1. The molecule has 2 unspecified atom stereocenters. The largest absolute Gasteiger partial charge is 0.393 e. The van der Waals surface area contributed by atoms with Gasteiger partial charge >= 0.3 is 0 Å². The molecule has 0 aromatic carbocycles. The van der Waals surface area contributed by atoms with Gasteiger partial charge in [0.05, 0.1) is 6.10 Å². The van der Waals surface area contributed by atoms with Gasteiger partial charge in [0.25, 0.3) is 0 Å². The van der Waals surface area contributed by atoms with Gasteiger partial charge in [-0.3, -0.25) is 0 Å². The Hall–Kier alpha value is -0.0800. The van der Waals surface area contributed by atoms with Gasteiger partial charge in [-0.1, -0.05) is 19.8 Å². The van der Waals surface area contributed by atoms with E-state index in [1.807, 2.05) is 0 Å². The van der Waals surface area contributed by atoms with Crippen molar-refractivity contribution in [2.75, 3.05) is 13.1 Å². The van der Waals surface area contributed by atoms with E-state index in [2.05, 4.69) is 11.8 Å². The van der Waals surface area contributed by atoms with Gasteiger partial charge in [0, 0.05) is 6.04 Å². The van der Waals surface area contributed by atoms with Crippen molar-refractivity contribution in [3.8, 4) is 0 Å². The van der Waals surface area contributed by atoms with Crippen molar-refractivity contribution in [3.63, 3.8) is 0 Å². The highest BCUT2D eigenvalue weighted by molar-refractivity contribution is 4.83. The minimum atomic E-state index is -0.0212. The molecule has 0 amide bonds. The van der Waals surface area contributed by atoms with E-state index < -0.39 is 0 Å². The summed E-state index contributed by atoms with van der Waals surface area (Å²) in [5.74, 6) is 0.981. The van der Waals surface area contributed by atoms with Crippen LogP contribution in [-0.2, 0) is 0 Å². The van der Waals surface area contributed by atoms with E-state index in [0.29, 0.717) is 6.04 Å². The first-order valence-corrected chi connectivity index (χ1v) is 7.21. The average Bonchev–Trinajstić information content (AvgIpc) is 2.30. The van der Waals surface area contributed by atoms with Crippen molar-refractivity contribution >= 4 is 0 Å². The lowest BCUT2D eigenvalue weighted by molar-refractivity contribution is 0.0436. The molecule has 2 nitrogen and oxygen atoms in total. The molecule has 0 aromatic heterocycles. The monoisotopic (exact) mass is 225 g/mol. The molecular weight excluding hydrogens is 198 g/mol. The summed E-state index contributed by atoms with van der Waals surface area (Å²) in [6.07, 6.45) is 10.1. The van der Waals surface area contributed by atoms with Crippen molar-refractivity contribution in [1.29, 1.82) is 0 Å². The molecule has 0 spiro atoms. The lowest BCUT2D eigenvalue weighted by Gasteiger charge is -2.40. The summed E-state index contributed by atoms with van der Waals surface area (Å²) < 4.78 is 0. The fourth-order valence-corrected chi connectivity index (χ4v) is 3.49. The van der Waals surface area contributed by atoms with Crippen molar-refractivity contribution in [3.05, 3.63) is 0 Å². The standard InChI is InChI=1S/C14H27NO/c1-2-4-12-7-9-15(10-8-12)13-5-3-6-14(16)11-13/h12-14,16H,2-11H2,1H3. The van der Waals surface area contributed by atoms with Gasteiger partial charge in [0.2, 0.25) is 0 Å². The molecule has 16 heavy (non-hydrogen) atoms. The lowest BCUT2D eigenvalue weighted by atomic mass is 9.87. The number of hydrogen-bond donors (Lipinski definition) is 1. The molecule has 1 saturated heterocycles. The smallest absolute Gasteiger partial charge is 0.0555 e. The molecule has 2 aliphatic rings. The van der Waals surface area contributed by atoms with Crippen molar-refractivity contribution in [2.45, 2.75) is 70.4 Å². The van der Waals surface area contributed by atoms with Crippen LogP contribution in [-0.4, -0.2) is 35.2 Å². The van der Waals surface area contributed by atoms with Crippen molar-refractivity contribution < 1.29 is 5.11 Å². The van der Waals surface area contributed by atoms with Crippen LogP contribution in [0.3, 0.4) is 0 Å². The van der Waals surface area contributed by atoms with Crippen LogP contribution in [0.25, 0.3) is 0 Å². The molecule has 2 rings (SSSR count). The van der Waals surface area contributed by atoms with E-state index in [4.69, 9.17) is 0 Å². The third kappa shape index (κ3) is 3.21. The molecule has 1 N–H and O–H groups in total. The van der Waals surface area contributed by atoms with Crippen LogP contribution < -0.4 is 0 Å². The highest BCUT2D eigenvalue weighted by Gasteiger charge is 2.28. The molecule has 2 heteroatoms. The normalized spacial score (nSPS) is 34.1. The van der Waals surface area contributed by atoms with Gasteiger partial charge in [-0.25, -0.2) is 0 Å². The lowest BCUT2D eigenvalue weighted by Crippen LogP contribution is -2.44. The fraction of sp³-hybridized carbons (Fsp3) is 1.00. The second-order valence-corrected chi connectivity index (χ2v) is 5.74. The number of rotatable bonds is 3. The third-order valence-electron chi connectivity index (χ3n) is 4.48. The average molecular weight is 225 g/mol. The summed E-state index contributed by atoms with van der Waals surface area (Å²) in [6, 6.07) is 0.686. The minimum Gasteiger partial charge on any atom is -0.393 e. The van der Waals surface area contributed by atoms with E-state index in [0.717, 1.165) is 18.8 Å². The Labute approximate surface area is 100 Å². The Balaban J connectivity index is 1.75. The summed E-state index contributed by atoms with van der Waals surface area (Å²) in [5.41, 5.74) is 0. The van der Waals surface area contributed by atoms with Crippen molar-refractivity contribution in [1.82, 2.24) is 4.90 Å². The Bertz CT molecular complexity index is 199. The summed E-state index contributed by atoms with van der Waals surface area (Å²) in [4.78, 5) is 2.65. The second kappa shape index (κ2) is 6.02. The number of likely N-dealkylation sites (tertiary alicyclic amines) is 1. The molecule has 2 atom stereocenters. The van der Waals surface area contributed by atoms with E-state index in [-0.39, 0.29) is 6.10 Å². The topological polar surface area (TPSA) is 23.5 Å². The summed E-state index contributed by atoms with van der Waals surface area (Å²) in [5, 5.41) is 9.72. The summed E-state index contributed by atoms with van der Waals surface area (Å²) in [6.45, 7) is 4.86. The van der Waals surface area contributed by atoms with Crippen molar-refractivity contribution in [2.24, 2.45) is 5.92 Å². The van der Waals surface area contributed by atoms with Gasteiger partial charge in [-0.2, -0.15) is 0 Å². The molecule has 2 fully saturated rings. The van der Waals surface area contributed by atoms with Crippen LogP contribution in [0.5, 0.6) is 0 Å². The number of nitrogens with zero attached hydrogens (tertiary/aromatic N) is 1. The Morgan fingerprint density at radius 2 is 1.88 bits per heavy atom. The first-order valence-electron chi connectivity index (χ1n) is 7.21. The van der Waals surface area contributed by atoms with Gasteiger partial charge < -0.3 is 10.0 Å². The molecule has 1 aliphatic heterocycles. The van der Waals surface area contributed by atoms with Gasteiger partial charge in [-0.05, 0) is 57.5 Å². The Morgan fingerprint density at radius 3 is 2.50 bits per heavy atom. The molecule has 1 aliphatic carbocycles. The van der Waals surface area contributed by atoms with Gasteiger partial charge in [-0.15, -0.1) is 0 Å².